The maximum Gasteiger partial charge on any atom is 0.232 e. The average Bonchev–Trinajstić information content (AvgIpc) is 3.09. The molecule has 1 atom stereocenters. The average molecular weight is 389 g/mol. The van der Waals surface area contributed by atoms with Crippen molar-refractivity contribution < 1.29 is 4.52 Å². The summed E-state index contributed by atoms with van der Waals surface area (Å²) in [5.41, 5.74) is 3.00. The summed E-state index contributed by atoms with van der Waals surface area (Å²) in [7, 11) is 2.04. The third kappa shape index (κ3) is 5.01. The van der Waals surface area contributed by atoms with Crippen LogP contribution in [0.2, 0.25) is 0 Å². The Bertz CT molecular complexity index is 729. The van der Waals surface area contributed by atoms with Gasteiger partial charge >= 0.3 is 0 Å². The number of aromatic nitrogens is 1. The molecule has 2 rings (SSSR count). The van der Waals surface area contributed by atoms with Crippen molar-refractivity contribution in [3.8, 4) is 11.3 Å². The van der Waals surface area contributed by atoms with E-state index in [4.69, 9.17) is 16.7 Å². The van der Waals surface area contributed by atoms with Gasteiger partial charge in [0.1, 0.15) is 5.69 Å². The molecule has 0 radical (unpaired) electrons. The van der Waals surface area contributed by atoms with Gasteiger partial charge in [0.25, 0.3) is 0 Å². The zero-order chi connectivity index (χ0) is 20.0. The number of benzene rings is 1. The largest absolute Gasteiger partial charge is 0.363 e. The van der Waals surface area contributed by atoms with E-state index in [-0.39, 0.29) is 0 Å². The standard InChI is InChI=1S/C21H32N4OS/c1-7-16(5)25(21(27)22-8-2)14-18-19(17-12-10-9-11-13-17)23-26-20(18)24(6)15(3)4/h9-13,15-16H,7-8,14H2,1-6H3,(H,22,27)/t16-/m1/s1. The smallest absolute Gasteiger partial charge is 0.232 e. The third-order valence-corrected chi connectivity index (χ3v) is 5.33. The zero-order valence-electron chi connectivity index (χ0n) is 17.3. The number of hydrogen-bond acceptors (Lipinski definition) is 4. The van der Waals surface area contributed by atoms with Crippen LogP contribution in [0.15, 0.2) is 34.9 Å². The normalized spacial score (nSPS) is 12.1. The highest BCUT2D eigenvalue weighted by Crippen LogP contribution is 2.33. The van der Waals surface area contributed by atoms with Gasteiger partial charge in [-0.1, -0.05) is 42.4 Å². The summed E-state index contributed by atoms with van der Waals surface area (Å²) in [6.07, 6.45) is 1.01. The maximum atomic E-state index is 5.81. The van der Waals surface area contributed by atoms with Crippen molar-refractivity contribution >= 4 is 23.2 Å². The number of rotatable bonds is 8. The van der Waals surface area contributed by atoms with Crippen LogP contribution in [0.3, 0.4) is 0 Å². The molecule has 1 heterocycles. The first kappa shape index (κ1) is 21.2. The Balaban J connectivity index is 2.50. The van der Waals surface area contributed by atoms with Gasteiger partial charge in [0.05, 0.1) is 12.1 Å². The minimum atomic E-state index is 0.304. The molecule has 5 nitrogen and oxygen atoms in total. The first-order valence-electron chi connectivity index (χ1n) is 9.71. The van der Waals surface area contributed by atoms with Gasteiger partial charge in [-0.3, -0.25) is 0 Å². The zero-order valence-corrected chi connectivity index (χ0v) is 18.1. The van der Waals surface area contributed by atoms with Crippen molar-refractivity contribution in [3.63, 3.8) is 0 Å². The number of thiocarbonyl (C=S) groups is 1. The molecule has 27 heavy (non-hydrogen) atoms. The second kappa shape index (κ2) is 9.74. The van der Waals surface area contributed by atoms with E-state index in [1.807, 2.05) is 25.2 Å². The summed E-state index contributed by atoms with van der Waals surface area (Å²) in [4.78, 5) is 4.36. The molecule has 148 valence electrons. The molecule has 0 saturated carbocycles. The van der Waals surface area contributed by atoms with Crippen LogP contribution in [-0.4, -0.2) is 40.8 Å². The summed E-state index contributed by atoms with van der Waals surface area (Å²) in [5.74, 6) is 0.802. The van der Waals surface area contributed by atoms with Crippen LogP contribution in [0.5, 0.6) is 0 Å². The molecule has 0 amide bonds. The topological polar surface area (TPSA) is 44.5 Å². The molecule has 0 bridgehead atoms. The number of anilines is 1. The van der Waals surface area contributed by atoms with Crippen molar-refractivity contribution in [2.45, 2.75) is 59.7 Å². The van der Waals surface area contributed by atoms with Crippen LogP contribution in [0.1, 0.15) is 46.6 Å². The monoisotopic (exact) mass is 388 g/mol. The van der Waals surface area contributed by atoms with Crippen molar-refractivity contribution in [1.29, 1.82) is 0 Å². The quantitative estimate of drug-likeness (QED) is 0.663. The Morgan fingerprint density at radius 3 is 2.41 bits per heavy atom. The van der Waals surface area contributed by atoms with Crippen molar-refractivity contribution in [3.05, 3.63) is 35.9 Å². The summed E-state index contributed by atoms with van der Waals surface area (Å²) < 4.78 is 5.81. The molecule has 0 aliphatic carbocycles. The first-order valence-corrected chi connectivity index (χ1v) is 10.1. The molecular formula is C21H32N4OS. The lowest BCUT2D eigenvalue weighted by molar-refractivity contribution is 0.310. The van der Waals surface area contributed by atoms with E-state index in [0.717, 1.165) is 40.8 Å². The summed E-state index contributed by atoms with van der Waals surface area (Å²) in [5, 5.41) is 8.49. The van der Waals surface area contributed by atoms with Crippen molar-refractivity contribution in [2.75, 3.05) is 18.5 Å². The summed E-state index contributed by atoms with van der Waals surface area (Å²) in [6.45, 7) is 12.2. The van der Waals surface area contributed by atoms with Crippen LogP contribution >= 0.6 is 12.2 Å². The molecule has 0 unspecified atom stereocenters. The Kier molecular flexibility index (Phi) is 7.66. The van der Waals surface area contributed by atoms with Crippen LogP contribution in [0.25, 0.3) is 11.3 Å². The van der Waals surface area contributed by atoms with Gasteiger partial charge in [-0.2, -0.15) is 0 Å². The SMILES string of the molecule is CCNC(=S)N(Cc1c(-c2ccccc2)noc1N(C)C(C)C)[C@H](C)CC. The van der Waals surface area contributed by atoms with Crippen molar-refractivity contribution in [1.82, 2.24) is 15.4 Å². The highest BCUT2D eigenvalue weighted by molar-refractivity contribution is 7.80. The van der Waals surface area contributed by atoms with Crippen LogP contribution in [-0.2, 0) is 6.54 Å². The van der Waals surface area contributed by atoms with E-state index in [2.05, 4.69) is 67.0 Å². The Hall–Kier alpha value is -2.08. The second-order valence-corrected chi connectivity index (χ2v) is 7.49. The molecule has 1 N–H and O–H groups in total. The third-order valence-electron chi connectivity index (χ3n) is 4.95. The predicted molar refractivity (Wildman–Crippen MR) is 117 cm³/mol. The highest BCUT2D eigenvalue weighted by atomic mass is 32.1. The Morgan fingerprint density at radius 1 is 1.19 bits per heavy atom. The molecule has 0 fully saturated rings. The van der Waals surface area contributed by atoms with E-state index < -0.39 is 0 Å². The lowest BCUT2D eigenvalue weighted by atomic mass is 10.1. The predicted octanol–water partition coefficient (Wildman–Crippen LogP) is 4.68. The minimum absolute atomic E-state index is 0.304. The molecule has 1 aromatic heterocycles. The lowest BCUT2D eigenvalue weighted by Crippen LogP contribution is -2.44. The molecule has 0 aliphatic heterocycles. The number of nitrogens with one attached hydrogen (secondary N) is 1. The van der Waals surface area contributed by atoms with Gasteiger partial charge in [-0.25, -0.2) is 0 Å². The lowest BCUT2D eigenvalue weighted by Gasteiger charge is -2.32. The van der Waals surface area contributed by atoms with E-state index in [0.29, 0.717) is 18.6 Å². The van der Waals surface area contributed by atoms with Crippen LogP contribution in [0, 0.1) is 0 Å². The minimum Gasteiger partial charge on any atom is -0.363 e. The second-order valence-electron chi connectivity index (χ2n) is 7.11. The highest BCUT2D eigenvalue weighted by Gasteiger charge is 2.26. The molecule has 0 aliphatic rings. The van der Waals surface area contributed by atoms with Gasteiger partial charge in [0, 0.05) is 31.2 Å². The molecular weight excluding hydrogens is 356 g/mol. The van der Waals surface area contributed by atoms with E-state index in [1.165, 1.54) is 0 Å². The fraction of sp³-hybridized carbons (Fsp3) is 0.524. The maximum absolute atomic E-state index is 5.81. The van der Waals surface area contributed by atoms with Gasteiger partial charge in [0.2, 0.25) is 5.88 Å². The van der Waals surface area contributed by atoms with Crippen LogP contribution in [0.4, 0.5) is 5.88 Å². The van der Waals surface area contributed by atoms with Gasteiger partial charge in [-0.05, 0) is 46.3 Å². The molecule has 0 spiro atoms. The van der Waals surface area contributed by atoms with Gasteiger partial charge in [-0.15, -0.1) is 0 Å². The summed E-state index contributed by atoms with van der Waals surface area (Å²) >= 11 is 5.66. The van der Waals surface area contributed by atoms with Gasteiger partial charge in [0.15, 0.2) is 5.11 Å². The molecule has 6 heteroatoms. The molecule has 2 aromatic rings. The van der Waals surface area contributed by atoms with E-state index in [1.54, 1.807) is 0 Å². The Labute approximate surface area is 168 Å². The van der Waals surface area contributed by atoms with E-state index in [9.17, 15) is 0 Å². The van der Waals surface area contributed by atoms with Crippen LogP contribution < -0.4 is 10.2 Å². The summed E-state index contributed by atoms with van der Waals surface area (Å²) in [6, 6.07) is 10.8. The fourth-order valence-corrected chi connectivity index (χ4v) is 3.24. The van der Waals surface area contributed by atoms with E-state index >= 15 is 0 Å². The Morgan fingerprint density at radius 2 is 1.85 bits per heavy atom. The molecule has 0 saturated heterocycles. The fourth-order valence-electron chi connectivity index (χ4n) is 2.85. The number of hydrogen-bond donors (Lipinski definition) is 1. The molecule has 1 aromatic carbocycles. The van der Waals surface area contributed by atoms with Gasteiger partial charge < -0.3 is 19.6 Å². The number of nitrogens with zero attached hydrogens (tertiary/aromatic N) is 3. The van der Waals surface area contributed by atoms with Crippen molar-refractivity contribution in [2.24, 2.45) is 0 Å². The first-order chi connectivity index (χ1) is 12.9.